The number of hydrogen-bond donors (Lipinski definition) is 2. The topological polar surface area (TPSA) is 148 Å². The lowest BCUT2D eigenvalue weighted by Gasteiger charge is -2.28. The Balaban J connectivity index is 1.26. The molecule has 49 heavy (non-hydrogen) atoms. The third-order valence-corrected chi connectivity index (χ3v) is 8.73. The van der Waals surface area contributed by atoms with E-state index in [1.807, 2.05) is 92.1 Å². The van der Waals surface area contributed by atoms with E-state index in [0.717, 1.165) is 53.4 Å². The minimum Gasteiger partial charge on any atom is -0.488 e. The summed E-state index contributed by atoms with van der Waals surface area (Å²) >= 11 is 0. The SMILES string of the molecule is CCCCCCC(C(=O)N1C[C@@H](Oc2ccc(OC(C)(C)C)cc2)C[C@H]1C(=O)O)n1cnc2cc(-c3ccccc3-c3nn[nH]n3)ccc21. The smallest absolute Gasteiger partial charge is 0.326 e. The highest BCUT2D eigenvalue weighted by Crippen LogP contribution is 2.34. The summed E-state index contributed by atoms with van der Waals surface area (Å²) in [6.45, 7) is 8.26. The maximum atomic E-state index is 14.4. The minimum absolute atomic E-state index is 0.172. The van der Waals surface area contributed by atoms with Gasteiger partial charge >= 0.3 is 5.97 Å². The molecule has 1 unspecified atom stereocenters. The van der Waals surface area contributed by atoms with Crippen molar-refractivity contribution < 1.29 is 24.2 Å². The molecule has 12 heteroatoms. The van der Waals surface area contributed by atoms with Gasteiger partial charge in [-0.25, -0.2) is 9.78 Å². The fourth-order valence-electron chi connectivity index (χ4n) is 6.48. The van der Waals surface area contributed by atoms with Crippen LogP contribution in [-0.4, -0.2) is 76.3 Å². The number of aromatic nitrogens is 6. The third-order valence-electron chi connectivity index (χ3n) is 8.73. The molecule has 3 aromatic carbocycles. The molecule has 3 heterocycles. The highest BCUT2D eigenvalue weighted by molar-refractivity contribution is 5.90. The number of carboxylic acids is 1. The first kappa shape index (κ1) is 33.6. The molecule has 3 atom stereocenters. The van der Waals surface area contributed by atoms with E-state index < -0.39 is 24.2 Å². The summed E-state index contributed by atoms with van der Waals surface area (Å²) in [5.41, 5.74) is 3.87. The zero-order chi connectivity index (χ0) is 34.5. The summed E-state index contributed by atoms with van der Waals surface area (Å²) in [7, 11) is 0. The number of tetrazole rings is 1. The Hall–Kier alpha value is -5.26. The third kappa shape index (κ3) is 7.74. The van der Waals surface area contributed by atoms with Gasteiger partial charge in [0.15, 0.2) is 0 Å². The first-order chi connectivity index (χ1) is 23.6. The molecule has 5 aromatic rings. The van der Waals surface area contributed by atoms with Gasteiger partial charge in [0.25, 0.3) is 0 Å². The van der Waals surface area contributed by atoms with Crippen molar-refractivity contribution in [3.63, 3.8) is 0 Å². The van der Waals surface area contributed by atoms with Crippen LogP contribution in [0.1, 0.15) is 72.3 Å². The first-order valence-electron chi connectivity index (χ1n) is 16.9. The second-order valence-corrected chi connectivity index (χ2v) is 13.5. The number of rotatable bonds is 13. The highest BCUT2D eigenvalue weighted by atomic mass is 16.5. The molecule has 1 aliphatic heterocycles. The van der Waals surface area contributed by atoms with E-state index in [4.69, 9.17) is 14.5 Å². The molecular weight excluding hydrogens is 622 g/mol. The van der Waals surface area contributed by atoms with Crippen LogP contribution in [0, 0.1) is 0 Å². The van der Waals surface area contributed by atoms with Gasteiger partial charge in [0.05, 0.1) is 23.9 Å². The van der Waals surface area contributed by atoms with Crippen molar-refractivity contribution >= 4 is 22.9 Å². The molecule has 0 bridgehead atoms. The van der Waals surface area contributed by atoms with Crippen LogP contribution in [0.4, 0.5) is 0 Å². The summed E-state index contributed by atoms with van der Waals surface area (Å²) in [4.78, 5) is 33.1. The number of carboxylic acid groups (broad SMARTS) is 1. The van der Waals surface area contributed by atoms with Gasteiger partial charge in [-0.3, -0.25) is 4.79 Å². The number of ether oxygens (including phenoxy) is 2. The maximum absolute atomic E-state index is 14.4. The summed E-state index contributed by atoms with van der Waals surface area (Å²) in [5.74, 6) is 0.520. The van der Waals surface area contributed by atoms with Crippen molar-refractivity contribution in [2.24, 2.45) is 0 Å². The normalized spacial score (nSPS) is 16.9. The maximum Gasteiger partial charge on any atom is 0.326 e. The number of amides is 1. The molecule has 2 N–H and O–H groups in total. The Morgan fingerprint density at radius 1 is 1.00 bits per heavy atom. The number of aromatic amines is 1. The zero-order valence-corrected chi connectivity index (χ0v) is 28.4. The Kier molecular flexibility index (Phi) is 9.93. The van der Waals surface area contributed by atoms with E-state index in [9.17, 15) is 14.7 Å². The Labute approximate surface area is 285 Å². The number of nitrogens with zero attached hydrogens (tertiary/aromatic N) is 6. The van der Waals surface area contributed by atoms with E-state index >= 15 is 0 Å². The fourth-order valence-corrected chi connectivity index (χ4v) is 6.48. The van der Waals surface area contributed by atoms with E-state index in [2.05, 4.69) is 27.5 Å². The van der Waals surface area contributed by atoms with Crippen molar-refractivity contribution in [3.05, 3.63) is 73.1 Å². The average molecular weight is 666 g/mol. The van der Waals surface area contributed by atoms with Crippen LogP contribution in [0.25, 0.3) is 33.5 Å². The van der Waals surface area contributed by atoms with Crippen LogP contribution in [0.2, 0.25) is 0 Å². The number of unbranched alkanes of at least 4 members (excludes halogenated alkanes) is 3. The van der Waals surface area contributed by atoms with Gasteiger partial charge in [0, 0.05) is 12.0 Å². The van der Waals surface area contributed by atoms with Gasteiger partial charge < -0.3 is 24.0 Å². The number of imidazole rings is 1. The number of H-pyrrole nitrogens is 1. The molecule has 0 radical (unpaired) electrons. The molecule has 6 rings (SSSR count). The van der Waals surface area contributed by atoms with Crippen LogP contribution in [0.15, 0.2) is 73.1 Å². The van der Waals surface area contributed by atoms with E-state index in [0.29, 0.717) is 23.7 Å². The number of carbonyl (C=O) groups is 2. The van der Waals surface area contributed by atoms with Crippen LogP contribution < -0.4 is 9.47 Å². The zero-order valence-electron chi connectivity index (χ0n) is 28.4. The van der Waals surface area contributed by atoms with E-state index in [1.165, 1.54) is 4.90 Å². The van der Waals surface area contributed by atoms with Crippen LogP contribution >= 0.6 is 0 Å². The van der Waals surface area contributed by atoms with Crippen LogP contribution in [0.3, 0.4) is 0 Å². The molecule has 0 saturated carbocycles. The first-order valence-corrected chi connectivity index (χ1v) is 16.9. The van der Waals surface area contributed by atoms with Crippen molar-refractivity contribution in [2.45, 2.75) is 90.0 Å². The standard InChI is InChI=1S/C37H43N7O5/c1-5-6-7-8-13-32(35(45)43-22-27(21-33(43)36(46)47)48-25-15-17-26(18-16-25)49-37(2,3)4)44-23-38-30-20-24(14-19-31(30)44)28-11-9-10-12-29(28)34-39-41-42-40-34/h9-12,14-20,23,27,32-33H,5-8,13,21-22H2,1-4H3,(H,46,47)(H,39,40,41,42)/t27-,32?,33-/m0/s1. The largest absolute Gasteiger partial charge is 0.488 e. The number of carbonyl (C=O) groups excluding carboxylic acids is 1. The van der Waals surface area contributed by atoms with Crippen LogP contribution in [-0.2, 0) is 9.59 Å². The second-order valence-electron chi connectivity index (χ2n) is 13.5. The lowest BCUT2D eigenvalue weighted by Crippen LogP contribution is -2.44. The molecule has 2 aromatic heterocycles. The van der Waals surface area contributed by atoms with Gasteiger partial charge in [-0.05, 0) is 79.9 Å². The Bertz CT molecular complexity index is 1880. The van der Waals surface area contributed by atoms with E-state index in [-0.39, 0.29) is 24.5 Å². The van der Waals surface area contributed by atoms with Crippen molar-refractivity contribution in [1.29, 1.82) is 0 Å². The summed E-state index contributed by atoms with van der Waals surface area (Å²) < 4.78 is 14.0. The fraction of sp³-hybridized carbons (Fsp3) is 0.405. The molecule has 1 fully saturated rings. The quantitative estimate of drug-likeness (QED) is 0.131. The predicted octanol–water partition coefficient (Wildman–Crippen LogP) is 6.71. The van der Waals surface area contributed by atoms with Crippen molar-refractivity contribution in [3.8, 4) is 34.0 Å². The van der Waals surface area contributed by atoms with Crippen LogP contribution in [0.5, 0.6) is 11.5 Å². The van der Waals surface area contributed by atoms with Gasteiger partial charge in [-0.1, -0.05) is 62.9 Å². The minimum atomic E-state index is -1.04. The van der Waals surface area contributed by atoms with Crippen molar-refractivity contribution in [2.75, 3.05) is 6.54 Å². The number of nitrogens with one attached hydrogen (secondary N) is 1. The number of aliphatic carboxylic acids is 1. The molecule has 12 nitrogen and oxygen atoms in total. The highest BCUT2D eigenvalue weighted by Gasteiger charge is 2.43. The summed E-state index contributed by atoms with van der Waals surface area (Å²) in [6.07, 6.45) is 5.92. The number of hydrogen-bond acceptors (Lipinski definition) is 8. The summed E-state index contributed by atoms with van der Waals surface area (Å²) in [5, 5.41) is 24.8. The molecule has 1 amide bonds. The lowest BCUT2D eigenvalue weighted by atomic mass is 9.98. The lowest BCUT2D eigenvalue weighted by molar-refractivity contribution is -0.149. The van der Waals surface area contributed by atoms with E-state index in [1.54, 1.807) is 6.33 Å². The van der Waals surface area contributed by atoms with Crippen molar-refractivity contribution in [1.82, 2.24) is 35.1 Å². The number of likely N-dealkylation sites (tertiary alicyclic amines) is 1. The van der Waals surface area contributed by atoms with Gasteiger partial charge in [-0.2, -0.15) is 5.21 Å². The number of fused-ring (bicyclic) bond motifs is 1. The number of benzene rings is 3. The average Bonchev–Trinajstić information content (AvgIpc) is 3.85. The van der Waals surface area contributed by atoms with Gasteiger partial charge in [0.1, 0.15) is 35.3 Å². The summed E-state index contributed by atoms with van der Waals surface area (Å²) in [6, 6.07) is 19.4. The molecule has 256 valence electrons. The predicted molar refractivity (Wildman–Crippen MR) is 185 cm³/mol. The molecule has 0 spiro atoms. The van der Waals surface area contributed by atoms with Gasteiger partial charge in [-0.15, -0.1) is 10.2 Å². The Morgan fingerprint density at radius 2 is 1.76 bits per heavy atom. The second kappa shape index (κ2) is 14.5. The molecule has 1 aliphatic rings. The molecular formula is C37H43N7O5. The van der Waals surface area contributed by atoms with Gasteiger partial charge in [0.2, 0.25) is 11.7 Å². The molecule has 1 saturated heterocycles. The molecule has 0 aliphatic carbocycles. The monoisotopic (exact) mass is 665 g/mol. The Morgan fingerprint density at radius 3 is 2.45 bits per heavy atom.